The van der Waals surface area contributed by atoms with Crippen molar-refractivity contribution in [2.24, 2.45) is 5.73 Å². The molecule has 1 aromatic carbocycles. The van der Waals surface area contributed by atoms with Crippen LogP contribution in [-0.2, 0) is 4.79 Å². The maximum absolute atomic E-state index is 11.5. The fourth-order valence-electron chi connectivity index (χ4n) is 1.53. The standard InChI is InChI=1S/C11H13ClN4O.ClH/c1-6(13)5-9(17)15-11-14-8-4-2-3-7(12)10(8)16-11;/h2-4,6H,5,13H2,1H3,(H2,14,15,16,17);1H. The SMILES string of the molecule is CC(N)CC(=O)Nc1nc2c(Cl)cccc2[nH]1.Cl. The molecule has 5 nitrogen and oxygen atoms in total. The van der Waals surface area contributed by atoms with Crippen LogP contribution in [0.1, 0.15) is 13.3 Å². The second-order valence-corrected chi connectivity index (χ2v) is 4.36. The summed E-state index contributed by atoms with van der Waals surface area (Å²) in [7, 11) is 0. The van der Waals surface area contributed by atoms with Crippen molar-refractivity contribution in [3.8, 4) is 0 Å². The minimum Gasteiger partial charge on any atom is -0.327 e. The summed E-state index contributed by atoms with van der Waals surface area (Å²) in [6.45, 7) is 1.77. The van der Waals surface area contributed by atoms with Gasteiger partial charge in [-0.15, -0.1) is 12.4 Å². The number of halogens is 2. The maximum Gasteiger partial charge on any atom is 0.228 e. The summed E-state index contributed by atoms with van der Waals surface area (Å²) in [6.07, 6.45) is 0.255. The molecule has 1 unspecified atom stereocenters. The minimum absolute atomic E-state index is 0. The Balaban J connectivity index is 0.00000162. The molecule has 0 saturated heterocycles. The Bertz CT molecular complexity index is 553. The number of rotatable bonds is 3. The summed E-state index contributed by atoms with van der Waals surface area (Å²) in [4.78, 5) is 18.7. The topological polar surface area (TPSA) is 83.8 Å². The van der Waals surface area contributed by atoms with E-state index in [4.69, 9.17) is 17.3 Å². The molecule has 0 aliphatic carbocycles. The zero-order valence-corrected chi connectivity index (χ0v) is 11.3. The Morgan fingerprint density at radius 2 is 2.33 bits per heavy atom. The monoisotopic (exact) mass is 288 g/mol. The number of nitrogens with zero attached hydrogens (tertiary/aromatic N) is 1. The van der Waals surface area contributed by atoms with Crippen LogP contribution in [0.15, 0.2) is 18.2 Å². The molecule has 2 aromatic rings. The lowest BCUT2D eigenvalue weighted by atomic mass is 10.2. The number of anilines is 1. The molecular weight excluding hydrogens is 275 g/mol. The van der Waals surface area contributed by atoms with Gasteiger partial charge in [-0.25, -0.2) is 4.98 Å². The van der Waals surface area contributed by atoms with E-state index in [1.165, 1.54) is 0 Å². The zero-order valence-electron chi connectivity index (χ0n) is 9.74. The fraction of sp³-hybridized carbons (Fsp3) is 0.273. The lowest BCUT2D eigenvalue weighted by Crippen LogP contribution is -2.24. The number of hydrogen-bond acceptors (Lipinski definition) is 3. The van der Waals surface area contributed by atoms with Crippen molar-refractivity contribution in [2.45, 2.75) is 19.4 Å². The molecule has 4 N–H and O–H groups in total. The largest absolute Gasteiger partial charge is 0.327 e. The number of benzene rings is 1. The van der Waals surface area contributed by atoms with Gasteiger partial charge in [0.25, 0.3) is 0 Å². The average Bonchev–Trinajstić information content (AvgIpc) is 2.60. The van der Waals surface area contributed by atoms with E-state index >= 15 is 0 Å². The lowest BCUT2D eigenvalue weighted by molar-refractivity contribution is -0.116. The molecule has 1 amide bonds. The van der Waals surface area contributed by atoms with Crippen LogP contribution in [0.5, 0.6) is 0 Å². The highest BCUT2D eigenvalue weighted by atomic mass is 35.5. The molecule has 2 rings (SSSR count). The van der Waals surface area contributed by atoms with Gasteiger partial charge < -0.3 is 10.7 Å². The molecule has 0 aliphatic heterocycles. The molecule has 0 saturated carbocycles. The number of nitrogens with one attached hydrogen (secondary N) is 2. The van der Waals surface area contributed by atoms with Gasteiger partial charge in [0.05, 0.1) is 10.5 Å². The van der Waals surface area contributed by atoms with Crippen LogP contribution in [0.3, 0.4) is 0 Å². The number of H-pyrrole nitrogens is 1. The molecule has 98 valence electrons. The molecule has 1 heterocycles. The van der Waals surface area contributed by atoms with E-state index < -0.39 is 0 Å². The van der Waals surface area contributed by atoms with Gasteiger partial charge in [0.1, 0.15) is 5.52 Å². The highest BCUT2D eigenvalue weighted by Crippen LogP contribution is 2.22. The number of para-hydroxylation sites is 1. The first-order chi connectivity index (χ1) is 8.06. The molecule has 1 aromatic heterocycles. The third-order valence-electron chi connectivity index (χ3n) is 2.23. The minimum atomic E-state index is -0.178. The third-order valence-corrected chi connectivity index (χ3v) is 2.53. The number of imidazole rings is 1. The Morgan fingerprint density at radius 3 is 2.94 bits per heavy atom. The van der Waals surface area contributed by atoms with Crippen LogP contribution < -0.4 is 11.1 Å². The number of nitrogens with two attached hydrogens (primary N) is 1. The number of aromatic amines is 1. The summed E-state index contributed by atoms with van der Waals surface area (Å²) < 4.78 is 0. The van der Waals surface area contributed by atoms with Gasteiger partial charge in [0.2, 0.25) is 11.9 Å². The maximum atomic E-state index is 11.5. The zero-order chi connectivity index (χ0) is 12.4. The predicted octanol–water partition coefficient (Wildman–Crippen LogP) is 2.31. The van der Waals surface area contributed by atoms with E-state index in [0.29, 0.717) is 16.5 Å². The molecular formula is C11H14Cl2N4O. The van der Waals surface area contributed by atoms with Crippen molar-refractivity contribution >= 4 is 46.9 Å². The second kappa shape index (κ2) is 6.04. The number of fused-ring (bicyclic) bond motifs is 1. The summed E-state index contributed by atoms with van der Waals surface area (Å²) in [5, 5.41) is 3.19. The van der Waals surface area contributed by atoms with Crippen LogP contribution in [-0.4, -0.2) is 21.9 Å². The molecule has 0 aliphatic rings. The Kier molecular flexibility index (Phi) is 4.95. The summed E-state index contributed by atoms with van der Waals surface area (Å²) in [5.74, 6) is 0.217. The number of carbonyl (C=O) groups is 1. The third kappa shape index (κ3) is 3.35. The molecule has 0 bridgehead atoms. The first kappa shape index (κ1) is 14.8. The van der Waals surface area contributed by atoms with Crippen LogP contribution >= 0.6 is 24.0 Å². The first-order valence-corrected chi connectivity index (χ1v) is 5.63. The molecule has 0 spiro atoms. The van der Waals surface area contributed by atoms with E-state index in [1.807, 2.05) is 12.1 Å². The van der Waals surface area contributed by atoms with Crippen molar-refractivity contribution in [3.63, 3.8) is 0 Å². The molecule has 7 heteroatoms. The highest BCUT2D eigenvalue weighted by Gasteiger charge is 2.10. The Morgan fingerprint density at radius 1 is 1.61 bits per heavy atom. The molecule has 0 fully saturated rings. The summed E-state index contributed by atoms with van der Waals surface area (Å²) in [5.41, 5.74) is 6.96. The number of carbonyl (C=O) groups excluding carboxylic acids is 1. The van der Waals surface area contributed by atoms with Crippen molar-refractivity contribution in [3.05, 3.63) is 23.2 Å². The van der Waals surface area contributed by atoms with E-state index in [1.54, 1.807) is 13.0 Å². The van der Waals surface area contributed by atoms with E-state index in [-0.39, 0.29) is 30.8 Å². The first-order valence-electron chi connectivity index (χ1n) is 5.26. The Hall–Kier alpha value is -1.30. The molecule has 0 radical (unpaired) electrons. The van der Waals surface area contributed by atoms with Crippen LogP contribution in [0.4, 0.5) is 5.95 Å². The van der Waals surface area contributed by atoms with Gasteiger partial charge in [-0.2, -0.15) is 0 Å². The normalized spacial score (nSPS) is 11.9. The van der Waals surface area contributed by atoms with Crippen molar-refractivity contribution in [1.82, 2.24) is 9.97 Å². The number of aromatic nitrogens is 2. The molecule has 18 heavy (non-hydrogen) atoms. The predicted molar refractivity (Wildman–Crippen MR) is 75.2 cm³/mol. The van der Waals surface area contributed by atoms with Gasteiger partial charge in [-0.3, -0.25) is 10.1 Å². The second-order valence-electron chi connectivity index (χ2n) is 3.95. The van der Waals surface area contributed by atoms with Crippen LogP contribution in [0, 0.1) is 0 Å². The average molecular weight is 289 g/mol. The van der Waals surface area contributed by atoms with Crippen molar-refractivity contribution in [2.75, 3.05) is 5.32 Å². The van der Waals surface area contributed by atoms with Crippen LogP contribution in [0.2, 0.25) is 5.02 Å². The summed E-state index contributed by atoms with van der Waals surface area (Å²) >= 11 is 5.98. The van der Waals surface area contributed by atoms with Gasteiger partial charge in [-0.1, -0.05) is 17.7 Å². The Labute approximate surface area is 116 Å². The lowest BCUT2D eigenvalue weighted by Gasteiger charge is -2.03. The van der Waals surface area contributed by atoms with E-state index in [0.717, 1.165) is 5.52 Å². The fourth-order valence-corrected chi connectivity index (χ4v) is 1.75. The highest BCUT2D eigenvalue weighted by molar-refractivity contribution is 6.35. The molecule has 1 atom stereocenters. The number of hydrogen-bond donors (Lipinski definition) is 3. The van der Waals surface area contributed by atoms with Crippen molar-refractivity contribution < 1.29 is 4.79 Å². The smallest absolute Gasteiger partial charge is 0.228 e. The summed E-state index contributed by atoms with van der Waals surface area (Å²) in [6, 6.07) is 5.23. The van der Waals surface area contributed by atoms with Crippen molar-refractivity contribution in [1.29, 1.82) is 0 Å². The van der Waals surface area contributed by atoms with Crippen LogP contribution in [0.25, 0.3) is 11.0 Å². The van der Waals surface area contributed by atoms with Gasteiger partial charge in [0.15, 0.2) is 0 Å². The van der Waals surface area contributed by atoms with Gasteiger partial charge in [0, 0.05) is 12.5 Å². The van der Waals surface area contributed by atoms with Gasteiger partial charge >= 0.3 is 0 Å². The van der Waals surface area contributed by atoms with E-state index in [2.05, 4.69) is 15.3 Å². The number of amides is 1. The van der Waals surface area contributed by atoms with Gasteiger partial charge in [-0.05, 0) is 19.1 Å². The quantitative estimate of drug-likeness (QED) is 0.810. The van der Waals surface area contributed by atoms with E-state index in [9.17, 15) is 4.79 Å².